The van der Waals surface area contributed by atoms with Gasteiger partial charge in [0.2, 0.25) is 0 Å². The molecule has 3 rings (SSSR count). The van der Waals surface area contributed by atoms with Crippen molar-refractivity contribution in [3.8, 4) is 6.01 Å². The van der Waals surface area contributed by atoms with Crippen molar-refractivity contribution >= 4 is 11.5 Å². The topological polar surface area (TPSA) is 78.3 Å². The third-order valence-corrected chi connectivity index (χ3v) is 4.98. The van der Waals surface area contributed by atoms with Crippen LogP contribution >= 0.6 is 0 Å². The average molecular weight is 331 g/mol. The Bertz CT molecular complexity index is 683. The highest BCUT2D eigenvalue weighted by molar-refractivity contribution is 5.59. The lowest BCUT2D eigenvalue weighted by atomic mass is 9.80. The van der Waals surface area contributed by atoms with Gasteiger partial charge in [0.1, 0.15) is 0 Å². The number of hydrogen-bond donors (Lipinski definition) is 1. The Morgan fingerprint density at radius 3 is 3.00 bits per heavy atom. The summed E-state index contributed by atoms with van der Waals surface area (Å²) in [5.74, 6) is 1.90. The zero-order valence-corrected chi connectivity index (χ0v) is 15.0. The number of nitrogens with two attached hydrogens (primary N) is 1. The van der Waals surface area contributed by atoms with Crippen molar-refractivity contribution < 1.29 is 4.74 Å². The summed E-state index contributed by atoms with van der Waals surface area (Å²) in [6, 6.07) is 0.345. The van der Waals surface area contributed by atoms with Crippen LogP contribution in [0.15, 0.2) is 6.20 Å². The van der Waals surface area contributed by atoms with Crippen LogP contribution in [0.1, 0.15) is 65.0 Å². The minimum Gasteiger partial charge on any atom is -0.459 e. The van der Waals surface area contributed by atoms with Gasteiger partial charge in [-0.25, -0.2) is 9.50 Å². The van der Waals surface area contributed by atoms with E-state index < -0.39 is 0 Å². The molecule has 6 heteroatoms. The molecule has 6 nitrogen and oxygen atoms in total. The number of ether oxygens (including phenoxy) is 1. The number of imidazole rings is 1. The molecule has 3 atom stereocenters. The Morgan fingerprint density at radius 2 is 2.25 bits per heavy atom. The molecule has 0 radical (unpaired) electrons. The summed E-state index contributed by atoms with van der Waals surface area (Å²) in [6.07, 6.45) is 10.2. The molecule has 0 saturated heterocycles. The molecule has 2 N–H and O–H groups in total. The third kappa shape index (κ3) is 3.79. The average Bonchev–Trinajstić information content (AvgIpc) is 2.91. The number of hydrogen-bond acceptors (Lipinski definition) is 5. The maximum absolute atomic E-state index is 6.06. The third-order valence-electron chi connectivity index (χ3n) is 4.98. The highest BCUT2D eigenvalue weighted by atomic mass is 16.5. The molecule has 0 aromatic carbocycles. The smallest absolute Gasteiger partial charge is 0.336 e. The Hall–Kier alpha value is -1.85. The van der Waals surface area contributed by atoms with Gasteiger partial charge < -0.3 is 10.5 Å². The van der Waals surface area contributed by atoms with Crippen LogP contribution < -0.4 is 10.5 Å². The molecule has 24 heavy (non-hydrogen) atoms. The van der Waals surface area contributed by atoms with E-state index in [9.17, 15) is 0 Å². The molecule has 0 unspecified atom stereocenters. The fourth-order valence-corrected chi connectivity index (χ4v) is 3.80. The van der Waals surface area contributed by atoms with Gasteiger partial charge in [-0.15, -0.1) is 5.10 Å². The zero-order valence-electron chi connectivity index (χ0n) is 15.0. The van der Waals surface area contributed by atoms with E-state index in [-0.39, 0.29) is 6.10 Å². The minimum atomic E-state index is 0.0815. The van der Waals surface area contributed by atoms with E-state index in [4.69, 9.17) is 10.5 Å². The molecule has 0 bridgehead atoms. The predicted octanol–water partition coefficient (Wildman–Crippen LogP) is 3.64. The number of aromatic nitrogens is 4. The van der Waals surface area contributed by atoms with Gasteiger partial charge in [-0.05, 0) is 38.0 Å². The van der Waals surface area contributed by atoms with Crippen LogP contribution in [0.25, 0.3) is 5.65 Å². The van der Waals surface area contributed by atoms with Crippen molar-refractivity contribution in [2.45, 2.75) is 71.8 Å². The molecule has 1 aliphatic carbocycles. The molecule has 2 heterocycles. The summed E-state index contributed by atoms with van der Waals surface area (Å²) < 4.78 is 7.65. The van der Waals surface area contributed by atoms with Gasteiger partial charge in [0.25, 0.3) is 0 Å². The predicted molar refractivity (Wildman–Crippen MR) is 95.0 cm³/mol. The van der Waals surface area contributed by atoms with Crippen molar-refractivity contribution in [3.05, 3.63) is 11.9 Å². The maximum atomic E-state index is 6.06. The molecule has 1 aliphatic rings. The van der Waals surface area contributed by atoms with E-state index >= 15 is 0 Å². The molecular formula is C18H29N5O. The van der Waals surface area contributed by atoms with Crippen molar-refractivity contribution in [3.63, 3.8) is 0 Å². The number of fused-ring (bicyclic) bond motifs is 1. The van der Waals surface area contributed by atoms with Crippen LogP contribution in [0.4, 0.5) is 5.82 Å². The summed E-state index contributed by atoms with van der Waals surface area (Å²) in [5, 5.41) is 4.54. The monoisotopic (exact) mass is 331 g/mol. The second kappa shape index (κ2) is 7.36. The van der Waals surface area contributed by atoms with Crippen molar-refractivity contribution in [1.82, 2.24) is 19.6 Å². The van der Waals surface area contributed by atoms with Gasteiger partial charge in [-0.1, -0.05) is 39.5 Å². The fraction of sp³-hybridized carbons (Fsp3) is 0.722. The fourth-order valence-electron chi connectivity index (χ4n) is 3.80. The molecule has 0 aliphatic heterocycles. The largest absolute Gasteiger partial charge is 0.459 e. The van der Waals surface area contributed by atoms with Gasteiger partial charge in [0.15, 0.2) is 11.5 Å². The second-order valence-electron chi connectivity index (χ2n) is 7.32. The molecule has 1 saturated carbocycles. The Morgan fingerprint density at radius 1 is 1.42 bits per heavy atom. The molecular weight excluding hydrogens is 302 g/mol. The van der Waals surface area contributed by atoms with E-state index in [0.717, 1.165) is 30.9 Å². The highest BCUT2D eigenvalue weighted by Gasteiger charge is 2.21. The number of anilines is 1. The van der Waals surface area contributed by atoms with Gasteiger partial charge >= 0.3 is 6.01 Å². The number of nitrogens with zero attached hydrogens (tertiary/aromatic N) is 4. The SMILES string of the molecule is CCC[C@H](C)Oc1nc(N)c2ncc(C[C@H]3CCC[C@@H](C)C3)n2n1. The minimum absolute atomic E-state index is 0.0815. The molecule has 0 spiro atoms. The van der Waals surface area contributed by atoms with E-state index in [1.165, 1.54) is 25.7 Å². The summed E-state index contributed by atoms with van der Waals surface area (Å²) in [4.78, 5) is 8.67. The quantitative estimate of drug-likeness (QED) is 0.874. The van der Waals surface area contributed by atoms with Gasteiger partial charge in [-0.2, -0.15) is 4.98 Å². The number of nitrogen functional groups attached to an aromatic ring is 1. The normalized spacial score (nSPS) is 22.6. The first-order valence-electron chi connectivity index (χ1n) is 9.23. The molecule has 1 fully saturated rings. The Labute approximate surface area is 143 Å². The van der Waals surface area contributed by atoms with Crippen molar-refractivity contribution in [2.75, 3.05) is 5.73 Å². The maximum Gasteiger partial charge on any atom is 0.336 e. The first kappa shape index (κ1) is 17.0. The molecule has 0 amide bonds. The lowest BCUT2D eigenvalue weighted by molar-refractivity contribution is 0.189. The molecule has 132 valence electrons. The van der Waals surface area contributed by atoms with E-state index in [0.29, 0.717) is 23.4 Å². The Kier molecular flexibility index (Phi) is 5.21. The number of rotatable bonds is 6. The van der Waals surface area contributed by atoms with Crippen LogP contribution in [0.5, 0.6) is 6.01 Å². The van der Waals surface area contributed by atoms with Crippen LogP contribution in [0.2, 0.25) is 0 Å². The van der Waals surface area contributed by atoms with Crippen molar-refractivity contribution in [1.29, 1.82) is 0 Å². The van der Waals surface area contributed by atoms with Crippen LogP contribution in [-0.4, -0.2) is 25.7 Å². The summed E-state index contributed by atoms with van der Waals surface area (Å²) >= 11 is 0. The van der Waals surface area contributed by atoms with E-state index in [1.54, 1.807) is 0 Å². The molecule has 2 aromatic heterocycles. The lowest BCUT2D eigenvalue weighted by Crippen LogP contribution is -2.18. The first-order valence-corrected chi connectivity index (χ1v) is 9.23. The zero-order chi connectivity index (χ0) is 17.1. The van der Waals surface area contributed by atoms with E-state index in [1.807, 2.05) is 17.6 Å². The highest BCUT2D eigenvalue weighted by Crippen LogP contribution is 2.31. The summed E-state index contributed by atoms with van der Waals surface area (Å²) in [6.45, 7) is 6.52. The van der Waals surface area contributed by atoms with E-state index in [2.05, 4.69) is 28.9 Å². The summed E-state index contributed by atoms with van der Waals surface area (Å²) in [5.41, 5.74) is 7.79. The van der Waals surface area contributed by atoms with Crippen molar-refractivity contribution in [2.24, 2.45) is 11.8 Å². The second-order valence-corrected chi connectivity index (χ2v) is 7.32. The van der Waals surface area contributed by atoms with Crippen LogP contribution in [0, 0.1) is 11.8 Å². The van der Waals surface area contributed by atoms with Crippen LogP contribution in [0.3, 0.4) is 0 Å². The standard InChI is InChI=1S/C18H29N5O/c1-4-6-13(3)24-18-21-16(19)17-20-11-15(23(17)22-18)10-14-8-5-7-12(2)9-14/h11-14H,4-10H2,1-3H3,(H2,19,21,22)/t12-,13+,14+/m1/s1. The summed E-state index contributed by atoms with van der Waals surface area (Å²) in [7, 11) is 0. The van der Waals surface area contributed by atoms with Gasteiger partial charge in [-0.3, -0.25) is 0 Å². The molecule has 2 aromatic rings. The Balaban J connectivity index is 1.82. The van der Waals surface area contributed by atoms with Gasteiger partial charge in [0, 0.05) is 0 Å². The lowest BCUT2D eigenvalue weighted by Gasteiger charge is -2.26. The van der Waals surface area contributed by atoms with Crippen LogP contribution in [-0.2, 0) is 6.42 Å². The first-order chi connectivity index (χ1) is 11.6. The van der Waals surface area contributed by atoms with Gasteiger partial charge in [0.05, 0.1) is 18.0 Å².